The Bertz CT molecular complexity index is 1280. The first-order valence-electron chi connectivity index (χ1n) is 10.9. The molecule has 6 rings (SSSR count). The third-order valence-corrected chi connectivity index (χ3v) is 6.11. The molecule has 2 fully saturated rings. The van der Waals surface area contributed by atoms with Gasteiger partial charge < -0.3 is 24.3 Å². The van der Waals surface area contributed by atoms with E-state index in [4.69, 9.17) is 14.7 Å². The van der Waals surface area contributed by atoms with Crippen molar-refractivity contribution in [1.82, 2.24) is 34.8 Å². The number of ether oxygens (including phenoxy) is 1. The first-order valence-corrected chi connectivity index (χ1v) is 10.9. The van der Waals surface area contributed by atoms with Crippen LogP contribution in [0.15, 0.2) is 36.8 Å². The van der Waals surface area contributed by atoms with Crippen LogP contribution in [0.5, 0.6) is 0 Å². The molecule has 0 spiro atoms. The summed E-state index contributed by atoms with van der Waals surface area (Å²) in [5.74, 6) is 0.729. The van der Waals surface area contributed by atoms with Gasteiger partial charge in [-0.05, 0) is 6.07 Å². The minimum absolute atomic E-state index is 0.0402. The minimum atomic E-state index is -0.0402. The van der Waals surface area contributed by atoms with Gasteiger partial charge in [-0.1, -0.05) is 12.1 Å². The molecule has 5 heterocycles. The van der Waals surface area contributed by atoms with Gasteiger partial charge in [0.1, 0.15) is 5.69 Å². The molecule has 164 valence electrons. The fraction of sp³-hybridized carbons (Fsp3) is 0.364. The average molecular weight is 432 g/mol. The van der Waals surface area contributed by atoms with Crippen molar-refractivity contribution in [3.63, 3.8) is 0 Å². The fourth-order valence-corrected chi connectivity index (χ4v) is 4.42. The van der Waals surface area contributed by atoms with Crippen LogP contribution in [0.1, 0.15) is 10.5 Å². The number of anilines is 1. The molecular formula is C22H24N8O2. The van der Waals surface area contributed by atoms with Gasteiger partial charge in [0.05, 0.1) is 30.6 Å². The number of aromatic amines is 1. The second kappa shape index (κ2) is 7.88. The maximum Gasteiger partial charge on any atom is 0.274 e. The molecule has 2 N–H and O–H groups in total. The van der Waals surface area contributed by atoms with Crippen molar-refractivity contribution in [2.24, 2.45) is 0 Å². The van der Waals surface area contributed by atoms with Gasteiger partial charge in [0, 0.05) is 62.6 Å². The summed E-state index contributed by atoms with van der Waals surface area (Å²) >= 11 is 0. The number of morpholine rings is 1. The van der Waals surface area contributed by atoms with E-state index in [1.54, 1.807) is 0 Å². The lowest BCUT2D eigenvalue weighted by Gasteiger charge is -2.28. The Kier molecular flexibility index (Phi) is 4.73. The predicted molar refractivity (Wildman–Crippen MR) is 120 cm³/mol. The number of amides is 1. The molecule has 2 saturated heterocycles. The monoisotopic (exact) mass is 432 g/mol. The molecule has 2 aliphatic rings. The molecule has 0 atom stereocenters. The topological polar surface area (TPSA) is 104 Å². The summed E-state index contributed by atoms with van der Waals surface area (Å²) in [5.41, 5.74) is 3.88. The van der Waals surface area contributed by atoms with Crippen LogP contribution in [-0.2, 0) is 4.74 Å². The number of hydrogen-bond donors (Lipinski definition) is 2. The minimum Gasteiger partial charge on any atom is -0.378 e. The van der Waals surface area contributed by atoms with Crippen molar-refractivity contribution in [3.8, 4) is 11.3 Å². The van der Waals surface area contributed by atoms with Crippen LogP contribution in [0.2, 0.25) is 0 Å². The zero-order valence-corrected chi connectivity index (χ0v) is 17.6. The number of carbonyl (C=O) groups is 1. The molecule has 32 heavy (non-hydrogen) atoms. The van der Waals surface area contributed by atoms with Crippen LogP contribution in [0, 0.1) is 0 Å². The molecule has 0 aliphatic carbocycles. The number of imidazole rings is 1. The van der Waals surface area contributed by atoms with E-state index in [1.807, 2.05) is 46.1 Å². The molecule has 2 aliphatic heterocycles. The molecule has 10 nitrogen and oxygen atoms in total. The van der Waals surface area contributed by atoms with Gasteiger partial charge in [0.15, 0.2) is 11.5 Å². The molecular weight excluding hydrogens is 408 g/mol. The highest BCUT2D eigenvalue weighted by Crippen LogP contribution is 2.30. The molecule has 10 heteroatoms. The van der Waals surface area contributed by atoms with Crippen molar-refractivity contribution >= 4 is 28.3 Å². The Labute approximate surface area is 184 Å². The van der Waals surface area contributed by atoms with E-state index >= 15 is 0 Å². The quantitative estimate of drug-likeness (QED) is 0.501. The number of nitrogens with one attached hydrogen (secondary N) is 2. The van der Waals surface area contributed by atoms with Crippen LogP contribution in [0.4, 0.5) is 5.82 Å². The summed E-state index contributed by atoms with van der Waals surface area (Å²) in [7, 11) is 0. The second-order valence-electron chi connectivity index (χ2n) is 8.09. The number of nitrogens with zero attached hydrogens (tertiary/aromatic N) is 6. The Morgan fingerprint density at radius 3 is 2.72 bits per heavy atom. The van der Waals surface area contributed by atoms with E-state index in [9.17, 15) is 4.79 Å². The third-order valence-electron chi connectivity index (χ3n) is 6.11. The zero-order valence-electron chi connectivity index (χ0n) is 17.6. The molecule has 0 bridgehead atoms. The number of rotatable bonds is 3. The Morgan fingerprint density at radius 2 is 1.88 bits per heavy atom. The van der Waals surface area contributed by atoms with Crippen LogP contribution in [-0.4, -0.2) is 87.9 Å². The Morgan fingerprint density at radius 1 is 1.03 bits per heavy atom. The molecule has 1 aromatic carbocycles. The number of carbonyl (C=O) groups excluding carboxylic acids is 1. The van der Waals surface area contributed by atoms with E-state index in [2.05, 4.69) is 20.4 Å². The Hall–Kier alpha value is -3.50. The van der Waals surface area contributed by atoms with Crippen molar-refractivity contribution in [1.29, 1.82) is 0 Å². The first kappa shape index (κ1) is 19.2. The average Bonchev–Trinajstić information content (AvgIpc) is 3.51. The van der Waals surface area contributed by atoms with Crippen molar-refractivity contribution in [2.45, 2.75) is 0 Å². The molecule has 1 amide bonds. The summed E-state index contributed by atoms with van der Waals surface area (Å²) in [6, 6.07) is 6.02. The number of piperazine rings is 1. The highest BCUT2D eigenvalue weighted by molar-refractivity contribution is 5.95. The number of fused-ring (bicyclic) bond motifs is 2. The van der Waals surface area contributed by atoms with Gasteiger partial charge in [-0.25, -0.2) is 9.97 Å². The van der Waals surface area contributed by atoms with Gasteiger partial charge in [-0.2, -0.15) is 5.10 Å². The van der Waals surface area contributed by atoms with Crippen molar-refractivity contribution in [3.05, 3.63) is 42.5 Å². The lowest BCUT2D eigenvalue weighted by atomic mass is 10.1. The normalized spacial score (nSPS) is 17.4. The van der Waals surface area contributed by atoms with Gasteiger partial charge in [0.2, 0.25) is 0 Å². The number of benzene rings is 1. The van der Waals surface area contributed by atoms with Crippen LogP contribution in [0.3, 0.4) is 0 Å². The molecule has 0 unspecified atom stereocenters. The van der Waals surface area contributed by atoms with E-state index in [-0.39, 0.29) is 5.91 Å². The number of hydrogen-bond acceptors (Lipinski definition) is 7. The fourth-order valence-electron chi connectivity index (χ4n) is 4.42. The van der Waals surface area contributed by atoms with Gasteiger partial charge in [-0.3, -0.25) is 9.89 Å². The smallest absolute Gasteiger partial charge is 0.274 e. The second-order valence-corrected chi connectivity index (χ2v) is 8.09. The first-order chi connectivity index (χ1) is 15.8. The maximum absolute atomic E-state index is 13.1. The van der Waals surface area contributed by atoms with E-state index in [1.165, 1.54) is 0 Å². The molecule has 3 aromatic heterocycles. The zero-order chi connectivity index (χ0) is 21.5. The summed E-state index contributed by atoms with van der Waals surface area (Å²) in [4.78, 5) is 26.9. The van der Waals surface area contributed by atoms with Crippen molar-refractivity contribution in [2.75, 3.05) is 57.4 Å². The Balaban J connectivity index is 1.49. The van der Waals surface area contributed by atoms with Crippen molar-refractivity contribution < 1.29 is 9.53 Å². The van der Waals surface area contributed by atoms with Gasteiger partial charge >= 0.3 is 0 Å². The summed E-state index contributed by atoms with van der Waals surface area (Å²) in [6.07, 6.45) is 5.59. The molecule has 4 aromatic rings. The highest BCUT2D eigenvalue weighted by Gasteiger charge is 2.24. The van der Waals surface area contributed by atoms with E-state index < -0.39 is 0 Å². The summed E-state index contributed by atoms with van der Waals surface area (Å²) < 4.78 is 7.47. The predicted octanol–water partition coefficient (Wildman–Crippen LogP) is 1.15. The standard InChI is InChI=1S/C22H24N8O2/c31-22(29-6-4-23-5-7-29)19-14-30-13-18(15-2-1-3-17-16(15)12-24-27-17)25-20(21(30)26-19)28-8-10-32-11-9-28/h1-3,12-14,23H,4-11H2,(H,24,27). The SMILES string of the molecule is O=C(c1cn2cc(-c3cccc4[nH]ncc34)nc(N3CCOCC3)c2n1)N1CCNCC1. The van der Waals surface area contributed by atoms with Crippen LogP contribution < -0.4 is 10.2 Å². The number of H-pyrrole nitrogens is 1. The van der Waals surface area contributed by atoms with Gasteiger partial charge in [0.25, 0.3) is 5.91 Å². The van der Waals surface area contributed by atoms with Gasteiger partial charge in [-0.15, -0.1) is 0 Å². The van der Waals surface area contributed by atoms with Crippen LogP contribution >= 0.6 is 0 Å². The lowest BCUT2D eigenvalue weighted by Crippen LogP contribution is -2.46. The summed E-state index contributed by atoms with van der Waals surface area (Å²) in [5, 5.41) is 11.5. The summed E-state index contributed by atoms with van der Waals surface area (Å²) in [6.45, 7) is 5.73. The number of aromatic nitrogens is 5. The third kappa shape index (κ3) is 3.28. The lowest BCUT2D eigenvalue weighted by molar-refractivity contribution is 0.0730. The molecule has 0 saturated carbocycles. The van der Waals surface area contributed by atoms with E-state index in [0.717, 1.165) is 54.2 Å². The van der Waals surface area contributed by atoms with E-state index in [0.29, 0.717) is 37.6 Å². The highest BCUT2D eigenvalue weighted by atomic mass is 16.5. The molecule has 0 radical (unpaired) electrons. The largest absolute Gasteiger partial charge is 0.378 e. The maximum atomic E-state index is 13.1. The van der Waals surface area contributed by atoms with Crippen LogP contribution in [0.25, 0.3) is 27.8 Å².